The van der Waals surface area contributed by atoms with E-state index >= 15 is 0 Å². The maximum absolute atomic E-state index is 12.3. The van der Waals surface area contributed by atoms with E-state index in [2.05, 4.69) is 9.82 Å². The van der Waals surface area contributed by atoms with E-state index in [4.69, 9.17) is 5.11 Å². The van der Waals surface area contributed by atoms with Gasteiger partial charge in [-0.2, -0.15) is 5.10 Å². The highest BCUT2D eigenvalue weighted by Gasteiger charge is 2.14. The van der Waals surface area contributed by atoms with E-state index in [9.17, 15) is 9.00 Å². The van der Waals surface area contributed by atoms with Crippen molar-refractivity contribution >= 4 is 34.0 Å². The van der Waals surface area contributed by atoms with Crippen LogP contribution < -0.4 is 4.72 Å². The number of hydrogen-bond donors (Lipinski definition) is 2. The number of carboxylic acids is 1. The molecular formula is C14H11N3O3S2. The predicted octanol–water partition coefficient (Wildman–Crippen LogP) is 2.77. The molecule has 0 bridgehead atoms. The molecular weight excluding hydrogens is 322 g/mol. The Morgan fingerprint density at radius 3 is 2.68 bits per heavy atom. The summed E-state index contributed by atoms with van der Waals surface area (Å²) in [5.74, 6) is -1.04. The molecule has 2 aromatic heterocycles. The van der Waals surface area contributed by atoms with Gasteiger partial charge in [0.15, 0.2) is 0 Å². The van der Waals surface area contributed by atoms with Gasteiger partial charge in [0.2, 0.25) is 0 Å². The Morgan fingerprint density at radius 1 is 1.27 bits per heavy atom. The Balaban J connectivity index is 1.78. The second-order valence-corrected chi connectivity index (χ2v) is 6.41. The molecule has 0 saturated heterocycles. The number of nitrogens with zero attached hydrogens (tertiary/aromatic N) is 2. The second-order valence-electron chi connectivity index (χ2n) is 4.28. The summed E-state index contributed by atoms with van der Waals surface area (Å²) >= 11 is 1.09. The summed E-state index contributed by atoms with van der Waals surface area (Å²) < 4.78 is 16.7. The summed E-state index contributed by atoms with van der Waals surface area (Å²) in [5, 5.41) is 14.8. The molecule has 1 atom stereocenters. The third-order valence-electron chi connectivity index (χ3n) is 2.88. The molecule has 3 rings (SSSR count). The number of nitrogens with one attached hydrogen (secondary N) is 1. The number of aromatic carboxylic acids is 1. The van der Waals surface area contributed by atoms with Crippen molar-refractivity contribution in [2.45, 2.75) is 4.90 Å². The summed E-state index contributed by atoms with van der Waals surface area (Å²) in [6.07, 6.45) is 3.49. The molecule has 0 fully saturated rings. The highest BCUT2D eigenvalue weighted by molar-refractivity contribution is 7.86. The Hall–Kier alpha value is -2.45. The van der Waals surface area contributed by atoms with Crippen LogP contribution in [0.15, 0.2) is 59.1 Å². The van der Waals surface area contributed by atoms with E-state index in [0.717, 1.165) is 17.0 Å². The molecule has 0 aliphatic heterocycles. The van der Waals surface area contributed by atoms with Gasteiger partial charge in [-0.05, 0) is 41.8 Å². The summed E-state index contributed by atoms with van der Waals surface area (Å²) in [5.41, 5.74) is 1.21. The molecule has 112 valence electrons. The number of hydrogen-bond acceptors (Lipinski definition) is 4. The van der Waals surface area contributed by atoms with Crippen LogP contribution in [0.4, 0.5) is 5.69 Å². The molecule has 2 N–H and O–H groups in total. The van der Waals surface area contributed by atoms with Crippen molar-refractivity contribution < 1.29 is 14.1 Å². The number of benzene rings is 1. The lowest BCUT2D eigenvalue weighted by Gasteiger charge is -2.07. The standard InChI is InChI=1S/C14H11N3O3S2/c18-14(19)13-12(6-9-21-13)16-22(20)11-4-2-10(3-5-11)17-8-1-7-15-17/h1-9,16H,(H,18,19). The lowest BCUT2D eigenvalue weighted by atomic mass is 10.3. The largest absolute Gasteiger partial charge is 0.477 e. The number of anilines is 1. The van der Waals surface area contributed by atoms with Gasteiger partial charge in [-0.15, -0.1) is 11.3 Å². The molecule has 0 amide bonds. The van der Waals surface area contributed by atoms with Crippen LogP contribution >= 0.6 is 11.3 Å². The number of carboxylic acid groups (broad SMARTS) is 1. The van der Waals surface area contributed by atoms with Gasteiger partial charge in [0.25, 0.3) is 0 Å². The third kappa shape index (κ3) is 2.92. The molecule has 6 nitrogen and oxygen atoms in total. The molecule has 8 heteroatoms. The van der Waals surface area contributed by atoms with Crippen LogP contribution in [0.25, 0.3) is 5.69 Å². The Morgan fingerprint density at radius 2 is 2.05 bits per heavy atom. The molecule has 1 aromatic carbocycles. The first-order valence-electron chi connectivity index (χ1n) is 6.24. The van der Waals surface area contributed by atoms with E-state index in [1.54, 1.807) is 46.6 Å². The molecule has 0 aliphatic carbocycles. The van der Waals surface area contributed by atoms with Crippen molar-refractivity contribution in [2.24, 2.45) is 0 Å². The minimum atomic E-state index is -1.53. The first kappa shape index (κ1) is 14.5. The summed E-state index contributed by atoms with van der Waals surface area (Å²) in [4.78, 5) is 11.7. The second kappa shape index (κ2) is 6.12. The summed E-state index contributed by atoms with van der Waals surface area (Å²) in [7, 11) is -1.53. The zero-order chi connectivity index (χ0) is 15.5. The smallest absolute Gasteiger partial charge is 0.348 e. The number of thiophene rings is 1. The zero-order valence-electron chi connectivity index (χ0n) is 11.2. The first-order valence-corrected chi connectivity index (χ1v) is 8.27. The normalized spacial score (nSPS) is 12.0. The van der Waals surface area contributed by atoms with E-state index in [1.165, 1.54) is 0 Å². The Labute approximate surface area is 132 Å². The van der Waals surface area contributed by atoms with Crippen molar-refractivity contribution in [1.82, 2.24) is 9.78 Å². The van der Waals surface area contributed by atoms with Crippen LogP contribution in [0.3, 0.4) is 0 Å². The molecule has 0 radical (unpaired) electrons. The quantitative estimate of drug-likeness (QED) is 0.752. The summed E-state index contributed by atoms with van der Waals surface area (Å²) in [6.45, 7) is 0. The van der Waals surface area contributed by atoms with Crippen LogP contribution in [0.1, 0.15) is 9.67 Å². The summed E-state index contributed by atoms with van der Waals surface area (Å²) in [6, 6.07) is 10.4. The van der Waals surface area contributed by atoms with Crippen molar-refractivity contribution in [1.29, 1.82) is 0 Å². The molecule has 0 spiro atoms. The van der Waals surface area contributed by atoms with E-state index in [1.807, 2.05) is 12.3 Å². The average Bonchev–Trinajstić information content (AvgIpc) is 3.18. The maximum atomic E-state index is 12.3. The topological polar surface area (TPSA) is 84.2 Å². The predicted molar refractivity (Wildman–Crippen MR) is 84.9 cm³/mol. The molecule has 2 heterocycles. The molecule has 3 aromatic rings. The third-order valence-corrected chi connectivity index (χ3v) is 4.89. The van der Waals surface area contributed by atoms with Crippen molar-refractivity contribution in [3.8, 4) is 5.69 Å². The van der Waals surface area contributed by atoms with Crippen LogP contribution in [0.5, 0.6) is 0 Å². The van der Waals surface area contributed by atoms with Gasteiger partial charge in [-0.25, -0.2) is 13.7 Å². The van der Waals surface area contributed by atoms with Crippen LogP contribution in [0.2, 0.25) is 0 Å². The lowest BCUT2D eigenvalue weighted by Crippen LogP contribution is -2.07. The minimum absolute atomic E-state index is 0.140. The van der Waals surface area contributed by atoms with E-state index < -0.39 is 17.0 Å². The van der Waals surface area contributed by atoms with Gasteiger partial charge in [0.1, 0.15) is 15.9 Å². The minimum Gasteiger partial charge on any atom is -0.477 e. The Kier molecular flexibility index (Phi) is 4.03. The lowest BCUT2D eigenvalue weighted by molar-refractivity contribution is 0.0703. The first-order chi connectivity index (χ1) is 10.6. The van der Waals surface area contributed by atoms with Crippen molar-refractivity contribution in [2.75, 3.05) is 4.72 Å². The maximum Gasteiger partial charge on any atom is 0.348 e. The van der Waals surface area contributed by atoms with Gasteiger partial charge < -0.3 is 5.11 Å². The van der Waals surface area contributed by atoms with Gasteiger partial charge in [0, 0.05) is 12.4 Å². The Bertz CT molecular complexity index is 810. The average molecular weight is 333 g/mol. The number of carbonyl (C=O) groups is 1. The number of aromatic nitrogens is 2. The van der Waals surface area contributed by atoms with E-state index in [0.29, 0.717) is 10.6 Å². The number of rotatable bonds is 5. The fourth-order valence-electron chi connectivity index (χ4n) is 1.86. The molecule has 1 unspecified atom stereocenters. The van der Waals surface area contributed by atoms with Gasteiger partial charge >= 0.3 is 5.97 Å². The fraction of sp³-hybridized carbons (Fsp3) is 0. The molecule has 22 heavy (non-hydrogen) atoms. The van der Waals surface area contributed by atoms with Crippen LogP contribution in [-0.4, -0.2) is 25.1 Å². The van der Waals surface area contributed by atoms with Crippen molar-refractivity contribution in [3.63, 3.8) is 0 Å². The van der Waals surface area contributed by atoms with Gasteiger partial charge in [-0.3, -0.25) is 4.72 Å². The SMILES string of the molecule is O=C(O)c1sccc1NS(=O)c1ccc(-n2cccn2)cc1. The zero-order valence-corrected chi connectivity index (χ0v) is 12.8. The monoisotopic (exact) mass is 333 g/mol. The van der Waals surface area contributed by atoms with Crippen molar-refractivity contribution in [3.05, 3.63) is 59.0 Å². The molecule has 0 aliphatic rings. The van der Waals surface area contributed by atoms with Gasteiger partial charge in [-0.1, -0.05) is 0 Å². The highest BCUT2D eigenvalue weighted by Crippen LogP contribution is 2.24. The highest BCUT2D eigenvalue weighted by atomic mass is 32.2. The van der Waals surface area contributed by atoms with E-state index in [-0.39, 0.29) is 4.88 Å². The van der Waals surface area contributed by atoms with Crippen LogP contribution in [-0.2, 0) is 11.0 Å². The fourth-order valence-corrected chi connectivity index (χ4v) is 3.48. The van der Waals surface area contributed by atoms with Crippen LogP contribution in [0, 0.1) is 0 Å². The van der Waals surface area contributed by atoms with Gasteiger partial charge in [0.05, 0.1) is 16.3 Å². The molecule has 0 saturated carbocycles.